The SMILES string of the molecule is CC(C)CC(NC(=O)c1ccc(-c2cccc(C(F)(F)F)c2)o1)C(=O)NC1CCCN(C(=O)OCc2ccccc2)CC1O. The van der Waals surface area contributed by atoms with Crippen LogP contribution in [0.1, 0.15) is 54.8 Å². The van der Waals surface area contributed by atoms with E-state index in [9.17, 15) is 32.7 Å². The number of halogens is 3. The quantitative estimate of drug-likeness (QED) is 0.297. The van der Waals surface area contributed by atoms with Crippen LogP contribution in [0.15, 0.2) is 71.1 Å². The van der Waals surface area contributed by atoms with Gasteiger partial charge < -0.3 is 29.8 Å². The average molecular weight is 616 g/mol. The van der Waals surface area contributed by atoms with Crippen LogP contribution < -0.4 is 10.6 Å². The van der Waals surface area contributed by atoms with E-state index in [-0.39, 0.29) is 42.6 Å². The molecule has 0 bridgehead atoms. The van der Waals surface area contributed by atoms with E-state index in [4.69, 9.17) is 9.15 Å². The Balaban J connectivity index is 1.36. The first-order valence-electron chi connectivity index (χ1n) is 14.4. The van der Waals surface area contributed by atoms with Crippen LogP contribution in [0.5, 0.6) is 0 Å². The van der Waals surface area contributed by atoms with E-state index < -0.39 is 47.8 Å². The third-order valence-electron chi connectivity index (χ3n) is 7.24. The minimum absolute atomic E-state index is 0.0113. The van der Waals surface area contributed by atoms with E-state index in [1.54, 1.807) is 0 Å². The molecular weight excluding hydrogens is 579 g/mol. The van der Waals surface area contributed by atoms with Crippen molar-refractivity contribution >= 4 is 17.9 Å². The predicted molar refractivity (Wildman–Crippen MR) is 155 cm³/mol. The molecule has 3 atom stereocenters. The Bertz CT molecular complexity index is 1430. The van der Waals surface area contributed by atoms with E-state index in [1.807, 2.05) is 44.2 Å². The molecule has 9 nitrogen and oxygen atoms in total. The van der Waals surface area contributed by atoms with Crippen molar-refractivity contribution in [2.45, 2.75) is 64.1 Å². The molecule has 44 heavy (non-hydrogen) atoms. The van der Waals surface area contributed by atoms with E-state index in [0.717, 1.165) is 17.7 Å². The van der Waals surface area contributed by atoms with Gasteiger partial charge in [-0.15, -0.1) is 0 Å². The highest BCUT2D eigenvalue weighted by atomic mass is 19.4. The molecule has 236 valence electrons. The minimum atomic E-state index is -4.53. The molecule has 0 spiro atoms. The van der Waals surface area contributed by atoms with Crippen molar-refractivity contribution in [1.29, 1.82) is 0 Å². The molecular formula is C32H36F3N3O6. The Morgan fingerprint density at radius 2 is 1.82 bits per heavy atom. The Kier molecular flexibility index (Phi) is 10.7. The number of furan rings is 1. The van der Waals surface area contributed by atoms with Gasteiger partial charge in [0.1, 0.15) is 18.4 Å². The van der Waals surface area contributed by atoms with Crippen molar-refractivity contribution in [2.75, 3.05) is 13.1 Å². The average Bonchev–Trinajstić information content (AvgIpc) is 3.42. The third kappa shape index (κ3) is 8.85. The lowest BCUT2D eigenvalue weighted by atomic mass is 10.0. The van der Waals surface area contributed by atoms with Crippen LogP contribution in [-0.4, -0.2) is 59.2 Å². The first-order valence-corrected chi connectivity index (χ1v) is 14.4. The second-order valence-corrected chi connectivity index (χ2v) is 11.2. The van der Waals surface area contributed by atoms with Crippen LogP contribution in [0, 0.1) is 5.92 Å². The third-order valence-corrected chi connectivity index (χ3v) is 7.24. The highest BCUT2D eigenvalue weighted by Gasteiger charge is 2.33. The van der Waals surface area contributed by atoms with Gasteiger partial charge in [0.2, 0.25) is 5.91 Å². The zero-order valence-corrected chi connectivity index (χ0v) is 24.5. The molecule has 3 unspecified atom stereocenters. The summed E-state index contributed by atoms with van der Waals surface area (Å²) in [6, 6.07) is 14.8. The van der Waals surface area contributed by atoms with Gasteiger partial charge in [-0.25, -0.2) is 4.79 Å². The fourth-order valence-corrected chi connectivity index (χ4v) is 4.96. The number of nitrogens with one attached hydrogen (secondary N) is 2. The van der Waals surface area contributed by atoms with Crippen molar-refractivity contribution in [2.24, 2.45) is 5.92 Å². The summed E-state index contributed by atoms with van der Waals surface area (Å²) < 4.78 is 50.3. The van der Waals surface area contributed by atoms with E-state index in [0.29, 0.717) is 19.4 Å². The number of nitrogens with zero attached hydrogens (tertiary/aromatic N) is 1. The van der Waals surface area contributed by atoms with Gasteiger partial charge in [0.05, 0.1) is 24.3 Å². The van der Waals surface area contributed by atoms with Gasteiger partial charge in [-0.1, -0.05) is 56.3 Å². The lowest BCUT2D eigenvalue weighted by Gasteiger charge is -2.27. The topological polar surface area (TPSA) is 121 Å². The number of aliphatic hydroxyl groups excluding tert-OH is 1. The van der Waals surface area contributed by atoms with Crippen molar-refractivity contribution < 1.29 is 41.8 Å². The van der Waals surface area contributed by atoms with Gasteiger partial charge in [-0.3, -0.25) is 9.59 Å². The number of carbonyl (C=O) groups excluding carboxylic acids is 3. The Morgan fingerprint density at radius 3 is 2.52 bits per heavy atom. The molecule has 3 amide bonds. The molecule has 0 saturated carbocycles. The molecule has 1 saturated heterocycles. The van der Waals surface area contributed by atoms with Crippen molar-refractivity contribution in [3.8, 4) is 11.3 Å². The number of aliphatic hydroxyl groups is 1. The Morgan fingerprint density at radius 1 is 1.07 bits per heavy atom. The lowest BCUT2D eigenvalue weighted by Crippen LogP contribution is -2.54. The van der Waals surface area contributed by atoms with Crippen molar-refractivity contribution in [3.63, 3.8) is 0 Å². The molecule has 1 fully saturated rings. The summed E-state index contributed by atoms with van der Waals surface area (Å²) in [6.07, 6.45) is -4.98. The van der Waals surface area contributed by atoms with Crippen LogP contribution in [0.25, 0.3) is 11.3 Å². The molecule has 3 N–H and O–H groups in total. The highest BCUT2D eigenvalue weighted by molar-refractivity contribution is 5.96. The van der Waals surface area contributed by atoms with Crippen LogP contribution in [-0.2, 0) is 22.3 Å². The summed E-state index contributed by atoms with van der Waals surface area (Å²) in [7, 11) is 0. The maximum Gasteiger partial charge on any atom is 0.416 e. The van der Waals surface area contributed by atoms with Gasteiger partial charge in [-0.05, 0) is 55.0 Å². The summed E-state index contributed by atoms with van der Waals surface area (Å²) in [6.45, 7) is 4.16. The monoisotopic (exact) mass is 615 g/mol. The van der Waals surface area contributed by atoms with Gasteiger partial charge in [0.25, 0.3) is 5.91 Å². The number of amides is 3. The standard InChI is InChI=1S/C32H36F3N3O6/c1-20(2)16-25(37-30(41)28-14-13-27(44-28)22-10-6-11-23(17-22)32(33,34)35)29(40)36-24-12-7-15-38(18-26(24)39)31(42)43-19-21-8-4-3-5-9-21/h3-6,8-11,13-14,17,20,24-26,39H,7,12,15-16,18-19H2,1-2H3,(H,36,40)(H,37,41). The molecule has 1 aromatic heterocycles. The molecule has 0 radical (unpaired) electrons. The van der Waals surface area contributed by atoms with E-state index in [1.165, 1.54) is 29.2 Å². The minimum Gasteiger partial charge on any atom is -0.451 e. The largest absolute Gasteiger partial charge is 0.451 e. The number of hydrogen-bond donors (Lipinski definition) is 3. The number of β-amino-alcohol motifs (C(OH)–C–C–N with tert-alkyl or cyclic N) is 1. The maximum atomic E-state index is 13.3. The molecule has 4 rings (SSSR count). The number of benzene rings is 2. The molecule has 3 aromatic rings. The molecule has 0 aliphatic carbocycles. The molecule has 1 aliphatic heterocycles. The normalized spacial score (nSPS) is 17.9. The number of carbonyl (C=O) groups is 3. The summed E-state index contributed by atoms with van der Waals surface area (Å²) >= 11 is 0. The number of alkyl halides is 3. The smallest absolute Gasteiger partial charge is 0.416 e. The summed E-state index contributed by atoms with van der Waals surface area (Å²) in [5.41, 5.74) is 0.135. The lowest BCUT2D eigenvalue weighted by molar-refractivity contribution is -0.137. The van der Waals surface area contributed by atoms with Crippen molar-refractivity contribution in [1.82, 2.24) is 15.5 Å². The van der Waals surface area contributed by atoms with Crippen LogP contribution in [0.3, 0.4) is 0 Å². The number of ether oxygens (including phenoxy) is 1. The summed E-state index contributed by atoms with van der Waals surface area (Å²) in [5.74, 6) is -1.31. The van der Waals surface area contributed by atoms with Crippen molar-refractivity contribution in [3.05, 3.63) is 83.6 Å². The highest BCUT2D eigenvalue weighted by Crippen LogP contribution is 2.32. The molecule has 12 heteroatoms. The molecule has 2 aromatic carbocycles. The summed E-state index contributed by atoms with van der Waals surface area (Å²) in [5, 5.41) is 16.3. The fourth-order valence-electron chi connectivity index (χ4n) is 4.96. The van der Waals surface area contributed by atoms with E-state index >= 15 is 0 Å². The van der Waals surface area contributed by atoms with Gasteiger partial charge in [0.15, 0.2) is 5.76 Å². The second kappa shape index (κ2) is 14.4. The predicted octanol–water partition coefficient (Wildman–Crippen LogP) is 5.39. The second-order valence-electron chi connectivity index (χ2n) is 11.2. The number of rotatable bonds is 9. The first kappa shape index (κ1) is 32.6. The molecule has 1 aliphatic rings. The van der Waals surface area contributed by atoms with E-state index in [2.05, 4.69) is 10.6 Å². The van der Waals surface area contributed by atoms with Gasteiger partial charge >= 0.3 is 12.3 Å². The maximum absolute atomic E-state index is 13.3. The van der Waals surface area contributed by atoms with Crippen LogP contribution in [0.4, 0.5) is 18.0 Å². The Labute approximate surface area is 253 Å². The van der Waals surface area contributed by atoms with Gasteiger partial charge in [0, 0.05) is 12.1 Å². The van der Waals surface area contributed by atoms with Crippen LogP contribution in [0.2, 0.25) is 0 Å². The fraction of sp³-hybridized carbons (Fsp3) is 0.406. The zero-order valence-electron chi connectivity index (χ0n) is 24.5. The zero-order chi connectivity index (χ0) is 31.9. The molecule has 2 heterocycles. The number of likely N-dealkylation sites (tertiary alicyclic amines) is 1. The van der Waals surface area contributed by atoms with Crippen LogP contribution >= 0.6 is 0 Å². The Hall–Kier alpha value is -4.32. The summed E-state index contributed by atoms with van der Waals surface area (Å²) in [4.78, 5) is 40.4. The van der Waals surface area contributed by atoms with Gasteiger partial charge in [-0.2, -0.15) is 13.2 Å². The number of hydrogen-bond acceptors (Lipinski definition) is 6. The first-order chi connectivity index (χ1) is 20.9.